The van der Waals surface area contributed by atoms with E-state index in [0.29, 0.717) is 17.0 Å². The van der Waals surface area contributed by atoms with Crippen LogP contribution in [0.25, 0.3) is 0 Å². The van der Waals surface area contributed by atoms with Gasteiger partial charge in [-0.25, -0.2) is 0 Å². The molecule has 36 heavy (non-hydrogen) atoms. The van der Waals surface area contributed by atoms with Crippen LogP contribution in [-0.2, 0) is 9.53 Å². The van der Waals surface area contributed by atoms with Crippen molar-refractivity contribution in [3.05, 3.63) is 88.9 Å². The van der Waals surface area contributed by atoms with Crippen LogP contribution in [0.2, 0.25) is 5.02 Å². The van der Waals surface area contributed by atoms with Crippen LogP contribution in [0.5, 0.6) is 0 Å². The van der Waals surface area contributed by atoms with E-state index < -0.39 is 0 Å². The molecule has 3 aromatic carbocycles. The second-order valence-corrected chi connectivity index (χ2v) is 9.78. The normalized spacial score (nSPS) is 19.5. The number of nitrogens with zero attached hydrogens (tertiary/aromatic N) is 3. The highest BCUT2D eigenvalue weighted by Gasteiger charge is 2.38. The standard InChI is InChI=1S/C29H30ClN3O3/c1-20-19-28(33(21(2)34)25-13-9-23(30)10-14-25)26-5-3-4-6-27(26)32(20)29(35)22-7-11-24(12-8-22)31-15-17-36-18-16-31/h3-14,20,28H,15-19H2,1-2H3/t20-,28+/m0/s1. The summed E-state index contributed by atoms with van der Waals surface area (Å²) in [5, 5.41) is 0.621. The zero-order valence-corrected chi connectivity index (χ0v) is 21.3. The molecule has 2 aliphatic rings. The highest BCUT2D eigenvalue weighted by Crippen LogP contribution is 2.43. The third-order valence-corrected chi connectivity index (χ3v) is 7.28. The molecule has 3 aromatic rings. The number of ether oxygens (including phenoxy) is 1. The van der Waals surface area contributed by atoms with Gasteiger partial charge in [0.05, 0.1) is 19.3 Å². The van der Waals surface area contributed by atoms with Crippen molar-refractivity contribution in [3.8, 4) is 0 Å². The number of fused-ring (bicyclic) bond motifs is 1. The van der Waals surface area contributed by atoms with Gasteiger partial charge in [0.25, 0.3) is 5.91 Å². The molecule has 1 saturated heterocycles. The number of halogens is 1. The van der Waals surface area contributed by atoms with Gasteiger partial charge in [0.2, 0.25) is 5.91 Å². The third-order valence-electron chi connectivity index (χ3n) is 7.03. The number of benzene rings is 3. The Bertz CT molecular complexity index is 1240. The maximum atomic E-state index is 13.8. The number of hydrogen-bond acceptors (Lipinski definition) is 4. The first-order valence-corrected chi connectivity index (χ1v) is 12.7. The summed E-state index contributed by atoms with van der Waals surface area (Å²) in [4.78, 5) is 32.6. The lowest BCUT2D eigenvalue weighted by molar-refractivity contribution is -0.117. The molecule has 0 radical (unpaired) electrons. The number of morpholine rings is 1. The first-order valence-electron chi connectivity index (χ1n) is 12.3. The fourth-order valence-electron chi connectivity index (χ4n) is 5.29. The smallest absolute Gasteiger partial charge is 0.258 e. The van der Waals surface area contributed by atoms with Gasteiger partial charge in [0.1, 0.15) is 0 Å². The van der Waals surface area contributed by atoms with Gasteiger partial charge in [0.15, 0.2) is 0 Å². The maximum Gasteiger partial charge on any atom is 0.258 e. The van der Waals surface area contributed by atoms with E-state index in [-0.39, 0.29) is 23.9 Å². The molecular formula is C29H30ClN3O3. The Labute approximate surface area is 217 Å². The summed E-state index contributed by atoms with van der Waals surface area (Å²) in [7, 11) is 0. The summed E-state index contributed by atoms with van der Waals surface area (Å²) in [6.07, 6.45) is 0.622. The first kappa shape index (κ1) is 24.3. The largest absolute Gasteiger partial charge is 0.378 e. The molecule has 0 aliphatic carbocycles. The van der Waals surface area contributed by atoms with E-state index in [1.165, 1.54) is 0 Å². The molecule has 186 valence electrons. The van der Waals surface area contributed by atoms with Gasteiger partial charge >= 0.3 is 0 Å². The van der Waals surface area contributed by atoms with E-state index >= 15 is 0 Å². The van der Waals surface area contributed by atoms with E-state index in [1.54, 1.807) is 19.1 Å². The molecule has 2 heterocycles. The van der Waals surface area contributed by atoms with Crippen molar-refractivity contribution in [1.82, 2.24) is 0 Å². The molecule has 2 amide bonds. The topological polar surface area (TPSA) is 53.1 Å². The minimum Gasteiger partial charge on any atom is -0.378 e. The molecule has 2 atom stereocenters. The van der Waals surface area contributed by atoms with Crippen molar-refractivity contribution in [2.24, 2.45) is 0 Å². The minimum absolute atomic E-state index is 0.0391. The lowest BCUT2D eigenvalue weighted by Gasteiger charge is -2.43. The van der Waals surface area contributed by atoms with Gasteiger partial charge < -0.3 is 19.4 Å². The molecule has 0 N–H and O–H groups in total. The van der Waals surface area contributed by atoms with Gasteiger partial charge in [-0.2, -0.15) is 0 Å². The van der Waals surface area contributed by atoms with E-state index in [9.17, 15) is 9.59 Å². The monoisotopic (exact) mass is 503 g/mol. The summed E-state index contributed by atoms with van der Waals surface area (Å²) in [5.41, 5.74) is 4.33. The van der Waals surface area contributed by atoms with Crippen LogP contribution in [0.3, 0.4) is 0 Å². The van der Waals surface area contributed by atoms with Crippen LogP contribution in [0, 0.1) is 0 Å². The summed E-state index contributed by atoms with van der Waals surface area (Å²) >= 11 is 6.10. The maximum absolute atomic E-state index is 13.8. The molecule has 6 nitrogen and oxygen atoms in total. The van der Waals surface area contributed by atoms with Crippen molar-refractivity contribution >= 4 is 40.5 Å². The van der Waals surface area contributed by atoms with Gasteiger partial charge in [-0.3, -0.25) is 9.59 Å². The molecule has 7 heteroatoms. The number of carbonyl (C=O) groups is 2. The molecule has 0 saturated carbocycles. The number of carbonyl (C=O) groups excluding carboxylic acids is 2. The van der Waals surface area contributed by atoms with Crippen LogP contribution < -0.4 is 14.7 Å². The molecule has 0 bridgehead atoms. The fourth-order valence-corrected chi connectivity index (χ4v) is 5.42. The quantitative estimate of drug-likeness (QED) is 0.457. The Morgan fingerprint density at radius 2 is 1.61 bits per heavy atom. The Morgan fingerprint density at radius 3 is 2.28 bits per heavy atom. The molecular weight excluding hydrogens is 474 g/mol. The van der Waals surface area contributed by atoms with Gasteiger partial charge in [-0.05, 0) is 73.5 Å². The zero-order valence-electron chi connectivity index (χ0n) is 20.6. The van der Waals surface area contributed by atoms with Crippen molar-refractivity contribution in [3.63, 3.8) is 0 Å². The predicted molar refractivity (Wildman–Crippen MR) is 144 cm³/mol. The lowest BCUT2D eigenvalue weighted by atomic mass is 9.89. The van der Waals surface area contributed by atoms with E-state index in [0.717, 1.165) is 48.9 Å². The van der Waals surface area contributed by atoms with E-state index in [2.05, 4.69) is 4.90 Å². The summed E-state index contributed by atoms with van der Waals surface area (Å²) in [5.74, 6) is -0.0920. The molecule has 5 rings (SSSR count). The Balaban J connectivity index is 1.46. The van der Waals surface area contributed by atoms with Crippen LogP contribution in [-0.4, -0.2) is 44.2 Å². The van der Waals surface area contributed by atoms with E-state index in [1.807, 2.05) is 77.4 Å². The average molecular weight is 504 g/mol. The number of hydrogen-bond donors (Lipinski definition) is 0. The molecule has 2 aliphatic heterocycles. The number of para-hydroxylation sites is 1. The predicted octanol–water partition coefficient (Wildman–Crippen LogP) is 5.71. The highest BCUT2D eigenvalue weighted by molar-refractivity contribution is 6.30. The average Bonchev–Trinajstić information content (AvgIpc) is 2.90. The summed E-state index contributed by atoms with van der Waals surface area (Å²) in [6, 6.07) is 22.7. The first-order chi connectivity index (χ1) is 17.4. The van der Waals surface area contributed by atoms with Crippen LogP contribution in [0.15, 0.2) is 72.8 Å². The number of anilines is 3. The van der Waals surface area contributed by atoms with Crippen LogP contribution in [0.1, 0.15) is 42.2 Å². The molecule has 0 spiro atoms. The minimum atomic E-state index is -0.192. The second kappa shape index (κ2) is 10.3. The van der Waals surface area contributed by atoms with Crippen molar-refractivity contribution in [1.29, 1.82) is 0 Å². The fraction of sp³-hybridized carbons (Fsp3) is 0.310. The van der Waals surface area contributed by atoms with E-state index in [4.69, 9.17) is 16.3 Å². The Morgan fingerprint density at radius 1 is 0.944 bits per heavy atom. The van der Waals surface area contributed by atoms with Gasteiger partial charge in [-0.15, -0.1) is 0 Å². The second-order valence-electron chi connectivity index (χ2n) is 9.35. The zero-order chi connectivity index (χ0) is 25.2. The van der Waals surface area contributed by atoms with Crippen molar-refractivity contribution < 1.29 is 14.3 Å². The van der Waals surface area contributed by atoms with Crippen LogP contribution in [0.4, 0.5) is 17.1 Å². The number of rotatable bonds is 4. The highest BCUT2D eigenvalue weighted by atomic mass is 35.5. The molecule has 1 fully saturated rings. The summed E-state index contributed by atoms with van der Waals surface area (Å²) < 4.78 is 5.45. The summed E-state index contributed by atoms with van der Waals surface area (Å²) in [6.45, 7) is 6.77. The van der Waals surface area contributed by atoms with Crippen LogP contribution >= 0.6 is 11.6 Å². The Hall–Kier alpha value is -3.35. The third kappa shape index (κ3) is 4.71. The Kier molecular flexibility index (Phi) is 6.99. The molecule has 0 unspecified atom stereocenters. The van der Waals surface area contributed by atoms with Crippen molar-refractivity contribution in [2.75, 3.05) is 41.0 Å². The van der Waals surface area contributed by atoms with Crippen molar-refractivity contribution in [2.45, 2.75) is 32.4 Å². The lowest BCUT2D eigenvalue weighted by Crippen LogP contribution is -2.47. The number of amides is 2. The van der Waals surface area contributed by atoms with Gasteiger partial charge in [0, 0.05) is 53.7 Å². The molecule has 0 aromatic heterocycles. The SMILES string of the molecule is CC(=O)N(c1ccc(Cl)cc1)[C@@H]1C[C@H](C)N(C(=O)c2ccc(N3CCOCC3)cc2)c2ccccc21. The van der Waals surface area contributed by atoms with Gasteiger partial charge in [-0.1, -0.05) is 29.8 Å².